The SMILES string of the molecule is N#Cc1ccccc1N(C(=O)Cc1ccccc1)c1ccccc1C#N. The van der Waals surface area contributed by atoms with Crippen molar-refractivity contribution in [1.29, 1.82) is 10.5 Å². The minimum Gasteiger partial charge on any atom is -0.278 e. The van der Waals surface area contributed by atoms with Gasteiger partial charge in [0, 0.05) is 0 Å². The molecule has 26 heavy (non-hydrogen) atoms. The first-order valence-corrected chi connectivity index (χ1v) is 8.09. The second-order valence-electron chi connectivity index (χ2n) is 5.65. The van der Waals surface area contributed by atoms with Crippen LogP contribution in [0.2, 0.25) is 0 Å². The van der Waals surface area contributed by atoms with E-state index in [0.29, 0.717) is 22.5 Å². The lowest BCUT2D eigenvalue weighted by molar-refractivity contribution is -0.117. The second-order valence-corrected chi connectivity index (χ2v) is 5.65. The third kappa shape index (κ3) is 3.45. The zero-order valence-electron chi connectivity index (χ0n) is 14.0. The summed E-state index contributed by atoms with van der Waals surface area (Å²) >= 11 is 0. The lowest BCUT2D eigenvalue weighted by atomic mass is 10.1. The third-order valence-corrected chi connectivity index (χ3v) is 3.98. The van der Waals surface area contributed by atoms with Gasteiger partial charge in [-0.1, -0.05) is 54.6 Å². The van der Waals surface area contributed by atoms with E-state index in [1.165, 1.54) is 4.90 Å². The molecular weight excluding hydrogens is 322 g/mol. The Hall–Kier alpha value is -3.89. The molecule has 0 N–H and O–H groups in total. The smallest absolute Gasteiger partial charge is 0.236 e. The summed E-state index contributed by atoms with van der Waals surface area (Å²) in [6, 6.07) is 27.4. The van der Waals surface area contributed by atoms with Gasteiger partial charge < -0.3 is 0 Å². The standard InChI is InChI=1S/C22H15N3O/c23-15-18-10-4-6-12-20(18)25(21-13-7-5-11-19(21)16-24)22(26)14-17-8-2-1-3-9-17/h1-13H,14H2. The molecule has 3 aromatic rings. The van der Waals surface area contributed by atoms with Crippen LogP contribution in [0.15, 0.2) is 78.9 Å². The van der Waals surface area contributed by atoms with Crippen LogP contribution in [0.1, 0.15) is 16.7 Å². The number of hydrogen-bond donors (Lipinski definition) is 0. The third-order valence-electron chi connectivity index (χ3n) is 3.98. The first-order valence-electron chi connectivity index (χ1n) is 8.09. The number of amides is 1. The molecule has 0 radical (unpaired) electrons. The van der Waals surface area contributed by atoms with Crippen molar-refractivity contribution in [3.8, 4) is 12.1 Å². The fourth-order valence-electron chi connectivity index (χ4n) is 2.77. The molecule has 0 spiro atoms. The lowest BCUT2D eigenvalue weighted by Crippen LogP contribution is -2.29. The number of hydrogen-bond acceptors (Lipinski definition) is 3. The molecule has 0 atom stereocenters. The van der Waals surface area contributed by atoms with Gasteiger partial charge in [-0.2, -0.15) is 10.5 Å². The quantitative estimate of drug-likeness (QED) is 0.711. The van der Waals surface area contributed by atoms with Crippen molar-refractivity contribution in [1.82, 2.24) is 0 Å². The van der Waals surface area contributed by atoms with Crippen LogP contribution in [0.25, 0.3) is 0 Å². The summed E-state index contributed by atoms with van der Waals surface area (Å²) in [6.45, 7) is 0. The number of rotatable bonds is 4. The van der Waals surface area contributed by atoms with E-state index < -0.39 is 0 Å². The van der Waals surface area contributed by atoms with Crippen molar-refractivity contribution in [3.05, 3.63) is 95.6 Å². The Bertz CT molecular complexity index is 956. The summed E-state index contributed by atoms with van der Waals surface area (Å²) in [7, 11) is 0. The fraction of sp³-hybridized carbons (Fsp3) is 0.0455. The van der Waals surface area contributed by atoms with E-state index in [1.54, 1.807) is 48.5 Å². The Balaban J connectivity index is 2.12. The molecule has 0 aliphatic heterocycles. The molecule has 1 amide bonds. The first kappa shape index (κ1) is 17.0. The van der Waals surface area contributed by atoms with Gasteiger partial charge in [0.2, 0.25) is 5.91 Å². The zero-order chi connectivity index (χ0) is 18.4. The minimum atomic E-state index is -0.207. The molecule has 124 valence electrons. The maximum atomic E-state index is 13.2. The van der Waals surface area contributed by atoms with Crippen molar-refractivity contribution < 1.29 is 4.79 Å². The maximum Gasteiger partial charge on any atom is 0.236 e. The number of nitriles is 2. The molecule has 0 aromatic heterocycles. The number of carbonyl (C=O) groups excluding carboxylic acids is 1. The summed E-state index contributed by atoms with van der Waals surface area (Å²) in [4.78, 5) is 14.6. The van der Waals surface area contributed by atoms with Crippen molar-refractivity contribution in [2.24, 2.45) is 0 Å². The van der Waals surface area contributed by atoms with Crippen LogP contribution in [0.3, 0.4) is 0 Å². The van der Waals surface area contributed by atoms with E-state index in [0.717, 1.165) is 5.56 Å². The topological polar surface area (TPSA) is 67.9 Å². The van der Waals surface area contributed by atoms with E-state index in [4.69, 9.17) is 0 Å². The zero-order valence-corrected chi connectivity index (χ0v) is 14.0. The molecule has 0 fully saturated rings. The highest BCUT2D eigenvalue weighted by Gasteiger charge is 2.23. The summed E-state index contributed by atoms with van der Waals surface area (Å²) in [6.07, 6.45) is 0.167. The lowest BCUT2D eigenvalue weighted by Gasteiger charge is -2.25. The molecule has 3 aromatic carbocycles. The number of carbonyl (C=O) groups is 1. The maximum absolute atomic E-state index is 13.2. The Morgan fingerprint density at radius 3 is 1.69 bits per heavy atom. The van der Waals surface area contributed by atoms with Gasteiger partial charge >= 0.3 is 0 Å². The summed E-state index contributed by atoms with van der Waals surface area (Å²) in [5.74, 6) is -0.207. The first-order chi connectivity index (χ1) is 12.7. The van der Waals surface area contributed by atoms with Gasteiger partial charge in [-0.05, 0) is 29.8 Å². The van der Waals surface area contributed by atoms with Gasteiger partial charge in [0.1, 0.15) is 12.1 Å². The molecule has 0 bridgehead atoms. The second kappa shape index (κ2) is 7.79. The van der Waals surface area contributed by atoms with Gasteiger partial charge in [-0.25, -0.2) is 0 Å². The molecule has 4 nitrogen and oxygen atoms in total. The molecule has 0 unspecified atom stereocenters. The largest absolute Gasteiger partial charge is 0.278 e. The van der Waals surface area contributed by atoms with E-state index in [-0.39, 0.29) is 12.3 Å². The number of anilines is 2. The van der Waals surface area contributed by atoms with E-state index >= 15 is 0 Å². The summed E-state index contributed by atoms with van der Waals surface area (Å²) in [5, 5.41) is 18.9. The monoisotopic (exact) mass is 337 g/mol. The van der Waals surface area contributed by atoms with E-state index in [2.05, 4.69) is 12.1 Å². The molecule has 3 rings (SSSR count). The highest BCUT2D eigenvalue weighted by molar-refractivity contribution is 6.03. The van der Waals surface area contributed by atoms with Gasteiger partial charge in [-0.3, -0.25) is 9.69 Å². The minimum absolute atomic E-state index is 0.167. The van der Waals surface area contributed by atoms with Crippen LogP contribution in [0.5, 0.6) is 0 Å². The van der Waals surface area contributed by atoms with Crippen LogP contribution in [0, 0.1) is 22.7 Å². The molecule has 0 aliphatic carbocycles. The molecule has 0 saturated carbocycles. The van der Waals surface area contributed by atoms with Crippen molar-refractivity contribution in [2.45, 2.75) is 6.42 Å². The predicted molar refractivity (Wildman–Crippen MR) is 99.6 cm³/mol. The number of para-hydroxylation sites is 2. The number of benzene rings is 3. The van der Waals surface area contributed by atoms with Crippen LogP contribution in [-0.2, 0) is 11.2 Å². The average Bonchev–Trinajstić information content (AvgIpc) is 2.69. The Kier molecular flexibility index (Phi) is 5.08. The van der Waals surface area contributed by atoms with Gasteiger partial charge in [0.05, 0.1) is 28.9 Å². The Morgan fingerprint density at radius 1 is 0.731 bits per heavy atom. The fourth-order valence-corrected chi connectivity index (χ4v) is 2.77. The van der Waals surface area contributed by atoms with E-state index in [1.807, 2.05) is 30.3 Å². The van der Waals surface area contributed by atoms with Gasteiger partial charge in [0.25, 0.3) is 0 Å². The van der Waals surface area contributed by atoms with Crippen LogP contribution in [-0.4, -0.2) is 5.91 Å². The molecule has 4 heteroatoms. The predicted octanol–water partition coefficient (Wildman–Crippen LogP) is 4.34. The molecule has 0 saturated heterocycles. The van der Waals surface area contributed by atoms with Crippen molar-refractivity contribution in [2.75, 3.05) is 4.90 Å². The van der Waals surface area contributed by atoms with Crippen molar-refractivity contribution >= 4 is 17.3 Å². The molecule has 0 aliphatic rings. The van der Waals surface area contributed by atoms with Crippen LogP contribution in [0.4, 0.5) is 11.4 Å². The molecule has 0 heterocycles. The Morgan fingerprint density at radius 2 is 1.19 bits per heavy atom. The summed E-state index contributed by atoms with van der Waals surface area (Å²) < 4.78 is 0. The van der Waals surface area contributed by atoms with Crippen LogP contribution >= 0.6 is 0 Å². The normalized spacial score (nSPS) is 9.77. The Labute approximate surface area is 152 Å². The van der Waals surface area contributed by atoms with E-state index in [9.17, 15) is 15.3 Å². The van der Waals surface area contributed by atoms with Gasteiger partial charge in [-0.15, -0.1) is 0 Å². The van der Waals surface area contributed by atoms with Crippen LogP contribution < -0.4 is 4.90 Å². The van der Waals surface area contributed by atoms with Gasteiger partial charge in [0.15, 0.2) is 0 Å². The highest BCUT2D eigenvalue weighted by Crippen LogP contribution is 2.31. The molecular formula is C22H15N3O. The summed E-state index contributed by atoms with van der Waals surface area (Å²) in [5.41, 5.74) is 2.56. The average molecular weight is 337 g/mol. The van der Waals surface area contributed by atoms with Crippen molar-refractivity contribution in [3.63, 3.8) is 0 Å². The number of nitrogens with zero attached hydrogens (tertiary/aromatic N) is 3. The highest BCUT2D eigenvalue weighted by atomic mass is 16.2.